The van der Waals surface area contributed by atoms with Gasteiger partial charge in [0.1, 0.15) is 11.5 Å². The Morgan fingerprint density at radius 3 is 2.35 bits per heavy atom. The molecule has 1 heterocycles. The van der Waals surface area contributed by atoms with Crippen molar-refractivity contribution >= 4 is 29.1 Å². The number of carbonyl (C=O) groups excluding carboxylic acids is 3. The first kappa shape index (κ1) is 25.7. The van der Waals surface area contributed by atoms with Gasteiger partial charge in [-0.25, -0.2) is 0 Å². The Balaban J connectivity index is 1.81. The number of ether oxygens (including phenoxy) is 2. The largest absolute Gasteiger partial charge is 0.507 e. The van der Waals surface area contributed by atoms with E-state index in [1.54, 1.807) is 55.5 Å². The molecular formula is C30H29NO6. The van der Waals surface area contributed by atoms with Crippen LogP contribution in [-0.4, -0.2) is 36.0 Å². The molecule has 4 rings (SSSR count). The predicted octanol–water partition coefficient (Wildman–Crippen LogP) is 5.13. The summed E-state index contributed by atoms with van der Waals surface area (Å²) in [7, 11) is 0. The summed E-state index contributed by atoms with van der Waals surface area (Å²) in [4.78, 5) is 40.0. The van der Waals surface area contributed by atoms with Gasteiger partial charge in [0.2, 0.25) is 0 Å². The molecule has 3 aromatic rings. The van der Waals surface area contributed by atoms with Crippen LogP contribution in [0.2, 0.25) is 0 Å². The highest BCUT2D eigenvalue weighted by Crippen LogP contribution is 2.42. The van der Waals surface area contributed by atoms with Gasteiger partial charge in [0.15, 0.2) is 0 Å². The zero-order valence-corrected chi connectivity index (χ0v) is 21.1. The monoisotopic (exact) mass is 499 g/mol. The molecule has 1 N–H and O–H groups in total. The van der Waals surface area contributed by atoms with Crippen LogP contribution >= 0.6 is 0 Å². The van der Waals surface area contributed by atoms with E-state index in [1.165, 1.54) is 4.90 Å². The second kappa shape index (κ2) is 11.1. The SMILES string of the molecule is CCOC(=O)Cc1ccc(N2C(=O)C(=O)/C(=C(\O)c3cccc(OCC)c3)C2c2cccc(C)c2)cc1. The second-order valence-electron chi connectivity index (χ2n) is 8.69. The summed E-state index contributed by atoms with van der Waals surface area (Å²) < 4.78 is 10.6. The van der Waals surface area contributed by atoms with Gasteiger partial charge in [-0.1, -0.05) is 54.1 Å². The third-order valence-corrected chi connectivity index (χ3v) is 6.09. The number of ketones is 1. The maximum absolute atomic E-state index is 13.4. The van der Waals surface area contributed by atoms with Crippen molar-refractivity contribution in [1.29, 1.82) is 0 Å². The van der Waals surface area contributed by atoms with E-state index in [-0.39, 0.29) is 23.7 Å². The number of benzene rings is 3. The van der Waals surface area contributed by atoms with Crippen molar-refractivity contribution in [2.75, 3.05) is 18.1 Å². The van der Waals surface area contributed by atoms with E-state index in [4.69, 9.17) is 9.47 Å². The predicted molar refractivity (Wildman–Crippen MR) is 140 cm³/mol. The molecule has 0 aromatic heterocycles. The molecule has 0 saturated carbocycles. The number of rotatable bonds is 8. The maximum atomic E-state index is 13.4. The van der Waals surface area contributed by atoms with Crippen LogP contribution in [0.1, 0.15) is 42.1 Å². The molecule has 1 aliphatic rings. The lowest BCUT2D eigenvalue weighted by atomic mass is 9.94. The van der Waals surface area contributed by atoms with Crippen molar-refractivity contribution in [2.45, 2.75) is 33.2 Å². The third kappa shape index (κ3) is 5.40. The Morgan fingerprint density at radius 1 is 0.946 bits per heavy atom. The summed E-state index contributed by atoms with van der Waals surface area (Å²) in [5, 5.41) is 11.3. The van der Waals surface area contributed by atoms with Crippen molar-refractivity contribution in [3.63, 3.8) is 0 Å². The first-order chi connectivity index (χ1) is 17.8. The van der Waals surface area contributed by atoms with E-state index < -0.39 is 17.7 Å². The van der Waals surface area contributed by atoms with E-state index in [1.807, 2.05) is 38.1 Å². The fraction of sp³-hybridized carbons (Fsp3) is 0.233. The summed E-state index contributed by atoms with van der Waals surface area (Å²) in [5.74, 6) is -1.59. The normalized spacial score (nSPS) is 16.6. The van der Waals surface area contributed by atoms with Gasteiger partial charge in [0.05, 0.1) is 31.2 Å². The van der Waals surface area contributed by atoms with Crippen LogP contribution in [0.5, 0.6) is 5.75 Å². The highest BCUT2D eigenvalue weighted by Gasteiger charge is 2.47. The molecule has 1 atom stereocenters. The van der Waals surface area contributed by atoms with Gasteiger partial charge in [-0.3, -0.25) is 19.3 Å². The number of hydrogen-bond acceptors (Lipinski definition) is 6. The van der Waals surface area contributed by atoms with Gasteiger partial charge in [0, 0.05) is 11.3 Å². The van der Waals surface area contributed by atoms with Gasteiger partial charge in [-0.05, 0) is 56.2 Å². The van der Waals surface area contributed by atoms with Gasteiger partial charge in [-0.15, -0.1) is 0 Å². The molecule has 7 heteroatoms. The van der Waals surface area contributed by atoms with Gasteiger partial charge < -0.3 is 14.6 Å². The molecule has 3 aromatic carbocycles. The van der Waals surface area contributed by atoms with E-state index >= 15 is 0 Å². The Morgan fingerprint density at radius 2 is 1.68 bits per heavy atom. The summed E-state index contributed by atoms with van der Waals surface area (Å²) in [6.07, 6.45) is 0.102. The Bertz CT molecular complexity index is 1360. The number of nitrogens with zero attached hydrogens (tertiary/aromatic N) is 1. The molecule has 0 aliphatic carbocycles. The van der Waals surface area contributed by atoms with E-state index in [9.17, 15) is 19.5 Å². The quantitative estimate of drug-likeness (QED) is 0.200. The summed E-state index contributed by atoms with van der Waals surface area (Å²) >= 11 is 0. The zero-order valence-electron chi connectivity index (χ0n) is 21.1. The number of hydrogen-bond donors (Lipinski definition) is 1. The highest BCUT2D eigenvalue weighted by atomic mass is 16.5. The number of anilines is 1. The average Bonchev–Trinajstić information content (AvgIpc) is 3.15. The topological polar surface area (TPSA) is 93.1 Å². The minimum atomic E-state index is -0.841. The average molecular weight is 500 g/mol. The molecule has 1 fully saturated rings. The molecule has 1 unspecified atom stereocenters. The standard InChI is InChI=1S/C30H29NO6/c1-4-36-24-11-7-10-22(18-24)28(33)26-27(21-9-6-8-19(3)16-21)31(30(35)29(26)34)23-14-12-20(13-15-23)17-25(32)37-5-2/h6-16,18,27,33H,4-5,17H2,1-3H3/b28-26-. The summed E-state index contributed by atoms with van der Waals surface area (Å²) in [6, 6.07) is 20.3. The number of aliphatic hydroxyl groups excluding tert-OH is 1. The van der Waals surface area contributed by atoms with E-state index in [0.29, 0.717) is 35.8 Å². The van der Waals surface area contributed by atoms with Crippen molar-refractivity contribution < 1.29 is 29.0 Å². The van der Waals surface area contributed by atoms with Crippen molar-refractivity contribution in [3.05, 3.63) is 101 Å². The lowest BCUT2D eigenvalue weighted by Crippen LogP contribution is -2.29. The molecular weight excluding hydrogens is 470 g/mol. The Kier molecular flexibility index (Phi) is 7.72. The fourth-order valence-corrected chi connectivity index (χ4v) is 4.46. The second-order valence-corrected chi connectivity index (χ2v) is 8.69. The number of aliphatic hydroxyl groups is 1. The van der Waals surface area contributed by atoms with E-state index in [2.05, 4.69) is 0 Å². The fourth-order valence-electron chi connectivity index (χ4n) is 4.46. The number of esters is 1. The van der Waals surface area contributed by atoms with Crippen molar-refractivity contribution in [3.8, 4) is 5.75 Å². The Hall–Kier alpha value is -4.39. The van der Waals surface area contributed by atoms with Crippen LogP contribution in [-0.2, 0) is 25.5 Å². The first-order valence-corrected chi connectivity index (χ1v) is 12.2. The van der Waals surface area contributed by atoms with Crippen LogP contribution < -0.4 is 9.64 Å². The van der Waals surface area contributed by atoms with Gasteiger partial charge >= 0.3 is 5.97 Å². The third-order valence-electron chi connectivity index (χ3n) is 6.09. The highest BCUT2D eigenvalue weighted by molar-refractivity contribution is 6.51. The Labute approximate surface area is 215 Å². The lowest BCUT2D eigenvalue weighted by molar-refractivity contribution is -0.142. The van der Waals surface area contributed by atoms with Gasteiger partial charge in [0.25, 0.3) is 11.7 Å². The first-order valence-electron chi connectivity index (χ1n) is 12.2. The van der Waals surface area contributed by atoms with Crippen molar-refractivity contribution in [2.24, 2.45) is 0 Å². The molecule has 1 amide bonds. The minimum Gasteiger partial charge on any atom is -0.507 e. The molecule has 190 valence electrons. The maximum Gasteiger partial charge on any atom is 0.310 e. The number of aryl methyl sites for hydroxylation is 1. The number of carbonyl (C=O) groups is 3. The van der Waals surface area contributed by atoms with E-state index in [0.717, 1.165) is 11.1 Å². The smallest absolute Gasteiger partial charge is 0.310 e. The summed E-state index contributed by atoms with van der Waals surface area (Å²) in [5.41, 5.74) is 3.22. The minimum absolute atomic E-state index is 0.000140. The molecule has 1 aliphatic heterocycles. The van der Waals surface area contributed by atoms with Crippen molar-refractivity contribution in [1.82, 2.24) is 0 Å². The molecule has 1 saturated heterocycles. The number of Topliss-reactive ketones (excluding diaryl/α,β-unsaturated/α-hetero) is 1. The molecule has 37 heavy (non-hydrogen) atoms. The lowest BCUT2D eigenvalue weighted by Gasteiger charge is -2.26. The van der Waals surface area contributed by atoms with Crippen LogP contribution in [0.15, 0.2) is 78.4 Å². The summed E-state index contributed by atoms with van der Waals surface area (Å²) in [6.45, 7) is 6.27. The van der Waals surface area contributed by atoms with Crippen LogP contribution in [0.25, 0.3) is 5.76 Å². The van der Waals surface area contributed by atoms with Gasteiger partial charge in [-0.2, -0.15) is 0 Å². The zero-order chi connectivity index (χ0) is 26.5. The molecule has 0 radical (unpaired) electrons. The van der Waals surface area contributed by atoms with Crippen LogP contribution in [0.3, 0.4) is 0 Å². The van der Waals surface area contributed by atoms with Crippen LogP contribution in [0, 0.1) is 6.92 Å². The van der Waals surface area contributed by atoms with Crippen LogP contribution in [0.4, 0.5) is 5.69 Å². The molecule has 7 nitrogen and oxygen atoms in total. The molecule has 0 bridgehead atoms. The number of amides is 1. The molecule has 0 spiro atoms.